The van der Waals surface area contributed by atoms with Crippen LogP contribution in [0.5, 0.6) is 0 Å². The van der Waals surface area contributed by atoms with Gasteiger partial charge in [-0.25, -0.2) is 4.99 Å². The van der Waals surface area contributed by atoms with Crippen molar-refractivity contribution < 1.29 is 9.47 Å². The number of hydrogen-bond donors (Lipinski definition) is 2. The minimum Gasteiger partial charge on any atom is -0.446 e. The van der Waals surface area contributed by atoms with Gasteiger partial charge in [-0.05, 0) is 19.4 Å². The highest BCUT2D eigenvalue weighted by Gasteiger charge is 2.58. The molecule has 21 heavy (non-hydrogen) atoms. The van der Waals surface area contributed by atoms with E-state index in [-0.39, 0.29) is 17.3 Å². The maximum absolute atomic E-state index is 9.52. The molecule has 3 aliphatic rings. The minimum atomic E-state index is -1.06. The van der Waals surface area contributed by atoms with Gasteiger partial charge in [-0.2, -0.15) is 5.26 Å². The third kappa shape index (κ3) is 1.63. The SMILES string of the molecule is CC1=C(C)C2(C(=N)O1)C(N1CCOCC1)=NC(N)=C2C#N. The van der Waals surface area contributed by atoms with Gasteiger partial charge in [0.05, 0.1) is 18.8 Å². The molecule has 0 radical (unpaired) electrons. The monoisotopic (exact) mass is 287 g/mol. The summed E-state index contributed by atoms with van der Waals surface area (Å²) in [6, 6.07) is 2.12. The molecule has 0 saturated carbocycles. The minimum absolute atomic E-state index is 0.000239. The molecule has 3 heterocycles. The quantitative estimate of drug-likeness (QED) is 0.682. The van der Waals surface area contributed by atoms with E-state index in [1.165, 1.54) is 0 Å². The van der Waals surface area contributed by atoms with Gasteiger partial charge in [-0.1, -0.05) is 0 Å². The summed E-state index contributed by atoms with van der Waals surface area (Å²) in [4.78, 5) is 6.43. The van der Waals surface area contributed by atoms with Gasteiger partial charge in [0.15, 0.2) is 5.41 Å². The van der Waals surface area contributed by atoms with Crippen LogP contribution >= 0.6 is 0 Å². The molecule has 1 spiro atoms. The lowest BCUT2D eigenvalue weighted by Gasteiger charge is -2.36. The Bertz CT molecular complexity index is 649. The molecule has 0 aromatic heterocycles. The average Bonchev–Trinajstić information content (AvgIpc) is 2.90. The Morgan fingerprint density at radius 3 is 2.57 bits per heavy atom. The largest absolute Gasteiger partial charge is 0.446 e. The molecule has 1 atom stereocenters. The van der Waals surface area contributed by atoms with E-state index in [0.717, 1.165) is 5.57 Å². The molecule has 1 fully saturated rings. The molecule has 0 aliphatic carbocycles. The molecule has 0 bridgehead atoms. The third-order valence-corrected chi connectivity index (χ3v) is 4.30. The van der Waals surface area contributed by atoms with Crippen LogP contribution in [0.2, 0.25) is 0 Å². The van der Waals surface area contributed by atoms with Crippen LogP contribution in [0.1, 0.15) is 13.8 Å². The van der Waals surface area contributed by atoms with Crippen LogP contribution in [0, 0.1) is 22.2 Å². The summed E-state index contributed by atoms with van der Waals surface area (Å²) in [5.41, 5.74) is 5.97. The molecule has 0 aromatic rings. The van der Waals surface area contributed by atoms with Crippen LogP contribution in [-0.2, 0) is 9.47 Å². The number of allylic oxidation sites excluding steroid dienone is 1. The Morgan fingerprint density at radius 1 is 1.38 bits per heavy atom. The number of amidine groups is 1. The summed E-state index contributed by atoms with van der Waals surface area (Å²) in [6.45, 7) is 6.15. The molecular weight excluding hydrogens is 270 g/mol. The molecule has 3 rings (SSSR count). The smallest absolute Gasteiger partial charge is 0.210 e. The van der Waals surface area contributed by atoms with Crippen molar-refractivity contribution >= 4 is 11.7 Å². The maximum Gasteiger partial charge on any atom is 0.210 e. The number of morpholine rings is 1. The predicted octanol–water partition coefficient (Wildman–Crippen LogP) is 0.712. The molecule has 110 valence electrons. The van der Waals surface area contributed by atoms with Crippen LogP contribution in [-0.4, -0.2) is 42.9 Å². The zero-order valence-corrected chi connectivity index (χ0v) is 12.1. The second kappa shape index (κ2) is 4.60. The lowest BCUT2D eigenvalue weighted by atomic mass is 9.74. The van der Waals surface area contributed by atoms with E-state index in [1.807, 2.05) is 11.8 Å². The van der Waals surface area contributed by atoms with E-state index >= 15 is 0 Å². The highest BCUT2D eigenvalue weighted by molar-refractivity contribution is 6.17. The van der Waals surface area contributed by atoms with Gasteiger partial charge in [0, 0.05) is 13.1 Å². The zero-order chi connectivity index (χ0) is 15.2. The van der Waals surface area contributed by atoms with Crippen LogP contribution in [0.4, 0.5) is 0 Å². The summed E-state index contributed by atoms with van der Waals surface area (Å²) in [5.74, 6) is 1.41. The van der Waals surface area contributed by atoms with Gasteiger partial charge in [0.1, 0.15) is 23.5 Å². The first-order valence-electron chi connectivity index (χ1n) is 6.80. The summed E-state index contributed by atoms with van der Waals surface area (Å²) in [7, 11) is 0. The van der Waals surface area contributed by atoms with Gasteiger partial charge in [-0.3, -0.25) is 5.41 Å². The molecule has 0 amide bonds. The van der Waals surface area contributed by atoms with E-state index in [0.29, 0.717) is 37.9 Å². The van der Waals surface area contributed by atoms with Crippen molar-refractivity contribution in [3.63, 3.8) is 0 Å². The zero-order valence-electron chi connectivity index (χ0n) is 12.1. The second-order valence-electron chi connectivity index (χ2n) is 5.27. The molecular formula is C14H17N5O2. The van der Waals surface area contributed by atoms with Gasteiger partial charge in [-0.15, -0.1) is 0 Å². The summed E-state index contributed by atoms with van der Waals surface area (Å²) in [5, 5.41) is 17.8. The average molecular weight is 287 g/mol. The fourth-order valence-electron chi connectivity index (χ4n) is 3.09. The van der Waals surface area contributed by atoms with E-state index in [1.54, 1.807) is 6.92 Å². The predicted molar refractivity (Wildman–Crippen MR) is 76.3 cm³/mol. The van der Waals surface area contributed by atoms with Crippen LogP contribution in [0.3, 0.4) is 0 Å². The lowest BCUT2D eigenvalue weighted by molar-refractivity contribution is 0.0661. The number of rotatable bonds is 0. The first kappa shape index (κ1) is 13.6. The molecule has 1 unspecified atom stereocenters. The normalized spacial score (nSPS) is 29.1. The Balaban J connectivity index is 2.16. The van der Waals surface area contributed by atoms with Crippen molar-refractivity contribution in [2.45, 2.75) is 13.8 Å². The number of hydrogen-bond acceptors (Lipinski definition) is 7. The van der Waals surface area contributed by atoms with E-state index in [9.17, 15) is 5.26 Å². The standard InChI is InChI=1S/C14H17N5O2/c1-8-9(2)21-12(17)14(8)10(7-15)11(16)18-13(14)19-3-5-20-6-4-19/h17H,3-6,16H2,1-2H3. The van der Waals surface area contributed by atoms with Crippen molar-refractivity contribution in [2.24, 2.45) is 16.1 Å². The van der Waals surface area contributed by atoms with Crippen molar-refractivity contribution in [1.29, 1.82) is 10.7 Å². The molecule has 7 nitrogen and oxygen atoms in total. The molecule has 3 N–H and O–H groups in total. The third-order valence-electron chi connectivity index (χ3n) is 4.30. The van der Waals surface area contributed by atoms with Crippen LogP contribution < -0.4 is 5.73 Å². The molecule has 3 aliphatic heterocycles. The van der Waals surface area contributed by atoms with E-state index in [2.05, 4.69) is 11.1 Å². The van der Waals surface area contributed by atoms with Gasteiger partial charge >= 0.3 is 0 Å². The maximum atomic E-state index is 9.52. The topological polar surface area (TPSA) is 108 Å². The Labute approximate surface area is 122 Å². The van der Waals surface area contributed by atoms with Gasteiger partial charge in [0.2, 0.25) is 5.90 Å². The molecule has 7 heteroatoms. The fraction of sp³-hybridized carbons (Fsp3) is 0.500. The van der Waals surface area contributed by atoms with E-state index in [4.69, 9.17) is 20.6 Å². The Morgan fingerprint density at radius 2 is 2.05 bits per heavy atom. The number of nitrogens with two attached hydrogens (primary N) is 1. The highest BCUT2D eigenvalue weighted by atomic mass is 16.5. The first-order valence-corrected chi connectivity index (χ1v) is 6.80. The van der Waals surface area contributed by atoms with E-state index < -0.39 is 5.41 Å². The first-order chi connectivity index (χ1) is 10.0. The van der Waals surface area contributed by atoms with Crippen molar-refractivity contribution in [1.82, 2.24) is 4.90 Å². The van der Waals surface area contributed by atoms with Crippen molar-refractivity contribution in [2.75, 3.05) is 26.3 Å². The second-order valence-corrected chi connectivity index (χ2v) is 5.27. The summed E-state index contributed by atoms with van der Waals surface area (Å²) >= 11 is 0. The Hall–Kier alpha value is -2.33. The highest BCUT2D eigenvalue weighted by Crippen LogP contribution is 2.49. The van der Waals surface area contributed by atoms with Crippen molar-refractivity contribution in [3.8, 4) is 6.07 Å². The summed E-state index contributed by atoms with van der Waals surface area (Å²) in [6.07, 6.45) is 0. The van der Waals surface area contributed by atoms with Crippen LogP contribution in [0.15, 0.2) is 27.7 Å². The van der Waals surface area contributed by atoms with Gasteiger partial charge in [0.25, 0.3) is 0 Å². The number of ether oxygens (including phenoxy) is 2. The number of nitrogens with one attached hydrogen (secondary N) is 1. The van der Waals surface area contributed by atoms with Crippen LogP contribution in [0.25, 0.3) is 0 Å². The molecule has 1 saturated heterocycles. The summed E-state index contributed by atoms with van der Waals surface area (Å²) < 4.78 is 10.9. The van der Waals surface area contributed by atoms with Gasteiger partial charge < -0.3 is 20.1 Å². The fourth-order valence-corrected chi connectivity index (χ4v) is 3.09. The number of nitriles is 1. The van der Waals surface area contributed by atoms with Crippen molar-refractivity contribution in [3.05, 3.63) is 22.7 Å². The number of aliphatic imine (C=N–C) groups is 1. The lowest BCUT2D eigenvalue weighted by Crippen LogP contribution is -2.50. The molecule has 0 aromatic carbocycles. The number of nitrogens with zero attached hydrogens (tertiary/aromatic N) is 3. The Kier molecular flexibility index (Phi) is 2.99.